The van der Waals surface area contributed by atoms with Gasteiger partial charge in [0.25, 0.3) is 0 Å². The van der Waals surface area contributed by atoms with E-state index in [-0.39, 0.29) is 17.0 Å². The van der Waals surface area contributed by atoms with E-state index in [9.17, 15) is 9.59 Å². The molecular formula is C11H12BrNO2. The van der Waals surface area contributed by atoms with Crippen molar-refractivity contribution < 1.29 is 9.59 Å². The summed E-state index contributed by atoms with van der Waals surface area (Å²) >= 11 is 3.06. The van der Waals surface area contributed by atoms with Gasteiger partial charge < -0.3 is 5.32 Å². The van der Waals surface area contributed by atoms with Crippen LogP contribution in [0.1, 0.15) is 22.8 Å². The van der Waals surface area contributed by atoms with E-state index in [0.29, 0.717) is 11.3 Å². The number of para-hydroxylation sites is 1. The van der Waals surface area contributed by atoms with Gasteiger partial charge >= 0.3 is 0 Å². The summed E-state index contributed by atoms with van der Waals surface area (Å²) in [6.07, 6.45) is 0. The lowest BCUT2D eigenvalue weighted by Gasteiger charge is -2.10. The molecule has 15 heavy (non-hydrogen) atoms. The van der Waals surface area contributed by atoms with Gasteiger partial charge in [-0.25, -0.2) is 0 Å². The molecule has 0 saturated heterocycles. The molecule has 0 radical (unpaired) electrons. The molecule has 1 amide bonds. The Balaban J connectivity index is 3.13. The highest BCUT2D eigenvalue weighted by atomic mass is 79.9. The first-order chi connectivity index (χ1) is 7.06. The molecule has 0 bridgehead atoms. The fourth-order valence-electron chi connectivity index (χ4n) is 1.30. The Labute approximate surface area is 97.0 Å². The lowest BCUT2D eigenvalue weighted by atomic mass is 10.1. The molecule has 0 spiro atoms. The molecule has 0 aliphatic carbocycles. The van der Waals surface area contributed by atoms with Crippen molar-refractivity contribution in [2.24, 2.45) is 0 Å². The minimum absolute atomic E-state index is 0.0522. The van der Waals surface area contributed by atoms with E-state index in [1.165, 1.54) is 6.92 Å². The number of rotatable bonds is 3. The molecule has 0 aromatic heterocycles. The van der Waals surface area contributed by atoms with Gasteiger partial charge in [-0.2, -0.15) is 0 Å². The summed E-state index contributed by atoms with van der Waals surface area (Å²) in [5.74, 6) is -0.213. The largest absolute Gasteiger partial charge is 0.324 e. The molecule has 80 valence electrons. The van der Waals surface area contributed by atoms with Crippen LogP contribution in [0.15, 0.2) is 18.2 Å². The van der Waals surface area contributed by atoms with E-state index >= 15 is 0 Å². The minimum atomic E-state index is -0.160. The second-order valence-electron chi connectivity index (χ2n) is 3.24. The van der Waals surface area contributed by atoms with Gasteiger partial charge in [0.15, 0.2) is 5.78 Å². The van der Waals surface area contributed by atoms with Crippen molar-refractivity contribution in [1.82, 2.24) is 0 Å². The number of ketones is 1. The molecule has 0 aliphatic rings. The van der Waals surface area contributed by atoms with Gasteiger partial charge in [-0.05, 0) is 25.5 Å². The number of benzene rings is 1. The number of carbonyl (C=O) groups excluding carboxylic acids is 2. The van der Waals surface area contributed by atoms with E-state index in [1.54, 1.807) is 12.1 Å². The quantitative estimate of drug-likeness (QED) is 0.677. The zero-order valence-corrected chi connectivity index (χ0v) is 10.2. The molecule has 0 aliphatic heterocycles. The number of anilines is 1. The molecule has 0 fully saturated rings. The van der Waals surface area contributed by atoms with Gasteiger partial charge in [-0.15, -0.1) is 0 Å². The van der Waals surface area contributed by atoms with Crippen LogP contribution in [0, 0.1) is 6.92 Å². The van der Waals surface area contributed by atoms with Crippen LogP contribution in [0.25, 0.3) is 0 Å². The Kier molecular flexibility index (Phi) is 4.03. The van der Waals surface area contributed by atoms with Crippen molar-refractivity contribution in [1.29, 1.82) is 0 Å². The average Bonchev–Trinajstić information content (AvgIpc) is 2.20. The normalized spacial score (nSPS) is 9.80. The number of amides is 1. The topological polar surface area (TPSA) is 46.2 Å². The van der Waals surface area contributed by atoms with Gasteiger partial charge in [-0.1, -0.05) is 28.1 Å². The highest BCUT2D eigenvalue weighted by Crippen LogP contribution is 2.21. The predicted molar refractivity (Wildman–Crippen MR) is 63.6 cm³/mol. The molecule has 0 atom stereocenters. The Morgan fingerprint density at radius 2 is 2.07 bits per heavy atom. The van der Waals surface area contributed by atoms with Crippen molar-refractivity contribution in [2.45, 2.75) is 13.8 Å². The number of nitrogens with one attached hydrogen (secondary N) is 1. The summed E-state index contributed by atoms with van der Waals surface area (Å²) in [4.78, 5) is 22.6. The van der Waals surface area contributed by atoms with E-state index in [0.717, 1.165) is 5.56 Å². The first-order valence-electron chi connectivity index (χ1n) is 4.52. The maximum atomic E-state index is 11.3. The molecule has 3 nitrogen and oxygen atoms in total. The molecule has 1 N–H and O–H groups in total. The van der Waals surface area contributed by atoms with Crippen LogP contribution in [-0.2, 0) is 4.79 Å². The van der Waals surface area contributed by atoms with Crippen LogP contribution in [0.2, 0.25) is 0 Å². The fourth-order valence-corrected chi connectivity index (χ4v) is 1.44. The van der Waals surface area contributed by atoms with Gasteiger partial charge in [0.2, 0.25) is 5.91 Å². The summed E-state index contributed by atoms with van der Waals surface area (Å²) in [6, 6.07) is 5.37. The third-order valence-corrected chi connectivity index (χ3v) is 2.55. The summed E-state index contributed by atoms with van der Waals surface area (Å²) in [5.41, 5.74) is 2.04. The summed E-state index contributed by atoms with van der Waals surface area (Å²) in [5, 5.41) is 2.92. The second kappa shape index (κ2) is 5.07. The third-order valence-electron chi connectivity index (χ3n) is 2.04. The molecule has 1 aromatic carbocycles. The number of aryl methyl sites for hydroxylation is 1. The Bertz CT molecular complexity index is 402. The van der Waals surface area contributed by atoms with Crippen molar-refractivity contribution >= 4 is 33.3 Å². The van der Waals surface area contributed by atoms with Gasteiger partial charge in [0.05, 0.1) is 11.0 Å². The van der Waals surface area contributed by atoms with Crippen LogP contribution in [-0.4, -0.2) is 17.0 Å². The van der Waals surface area contributed by atoms with Gasteiger partial charge in [0, 0.05) is 5.56 Å². The molecule has 1 aromatic rings. The Morgan fingerprint density at radius 1 is 1.40 bits per heavy atom. The maximum Gasteiger partial charge on any atom is 0.235 e. The van der Waals surface area contributed by atoms with E-state index in [2.05, 4.69) is 21.2 Å². The second-order valence-corrected chi connectivity index (χ2v) is 3.80. The van der Waals surface area contributed by atoms with E-state index < -0.39 is 0 Å². The molecule has 4 heteroatoms. The van der Waals surface area contributed by atoms with Crippen LogP contribution in [0.5, 0.6) is 0 Å². The zero-order valence-electron chi connectivity index (χ0n) is 8.63. The SMILES string of the molecule is CC(=O)c1cccc(C)c1NC(=O)CBr. The molecular weight excluding hydrogens is 258 g/mol. The lowest BCUT2D eigenvalue weighted by molar-refractivity contribution is -0.113. The molecule has 0 saturated carbocycles. The maximum absolute atomic E-state index is 11.3. The van der Waals surface area contributed by atoms with Crippen LogP contribution >= 0.6 is 15.9 Å². The fraction of sp³-hybridized carbons (Fsp3) is 0.273. The number of alkyl halides is 1. The summed E-state index contributed by atoms with van der Waals surface area (Å²) in [7, 11) is 0. The average molecular weight is 270 g/mol. The first-order valence-corrected chi connectivity index (χ1v) is 5.64. The number of Topliss-reactive ketones (excluding diaryl/α,β-unsaturated/α-hetero) is 1. The number of halogens is 1. The number of carbonyl (C=O) groups is 2. The first kappa shape index (κ1) is 11.9. The van der Waals surface area contributed by atoms with Gasteiger partial charge in [0.1, 0.15) is 0 Å². The smallest absolute Gasteiger partial charge is 0.235 e. The highest BCUT2D eigenvalue weighted by Gasteiger charge is 2.11. The van der Waals surface area contributed by atoms with Crippen molar-refractivity contribution in [3.63, 3.8) is 0 Å². The monoisotopic (exact) mass is 269 g/mol. The van der Waals surface area contributed by atoms with Crippen molar-refractivity contribution in [3.8, 4) is 0 Å². The Hall–Kier alpha value is -1.16. The summed E-state index contributed by atoms with van der Waals surface area (Å²) in [6.45, 7) is 3.34. The third kappa shape index (κ3) is 2.89. The van der Waals surface area contributed by atoms with E-state index in [4.69, 9.17) is 0 Å². The molecule has 0 unspecified atom stereocenters. The van der Waals surface area contributed by atoms with Crippen molar-refractivity contribution in [2.75, 3.05) is 10.6 Å². The van der Waals surface area contributed by atoms with Gasteiger partial charge in [-0.3, -0.25) is 9.59 Å². The van der Waals surface area contributed by atoms with Crippen LogP contribution < -0.4 is 5.32 Å². The Morgan fingerprint density at radius 3 is 2.60 bits per heavy atom. The molecule has 0 heterocycles. The number of hydrogen-bond donors (Lipinski definition) is 1. The standard InChI is InChI=1S/C11H12BrNO2/c1-7-4-3-5-9(8(2)14)11(7)13-10(15)6-12/h3-5H,6H2,1-2H3,(H,13,15). The van der Waals surface area contributed by atoms with Crippen LogP contribution in [0.4, 0.5) is 5.69 Å². The lowest BCUT2D eigenvalue weighted by Crippen LogP contribution is -2.15. The zero-order chi connectivity index (χ0) is 11.4. The highest BCUT2D eigenvalue weighted by molar-refractivity contribution is 9.09. The minimum Gasteiger partial charge on any atom is -0.324 e. The predicted octanol–water partition coefficient (Wildman–Crippen LogP) is 2.53. The van der Waals surface area contributed by atoms with Crippen molar-refractivity contribution in [3.05, 3.63) is 29.3 Å². The number of hydrogen-bond acceptors (Lipinski definition) is 2. The van der Waals surface area contributed by atoms with Crippen LogP contribution in [0.3, 0.4) is 0 Å². The summed E-state index contributed by atoms with van der Waals surface area (Å²) < 4.78 is 0. The molecule has 1 rings (SSSR count). The van der Waals surface area contributed by atoms with E-state index in [1.807, 2.05) is 13.0 Å².